The molecule has 0 unspecified atom stereocenters. The fourth-order valence-electron chi connectivity index (χ4n) is 1.83. The van der Waals surface area contributed by atoms with Crippen LogP contribution in [0.3, 0.4) is 0 Å². The second kappa shape index (κ2) is 5.95. The minimum absolute atomic E-state index is 0.118. The number of aromatic nitrogens is 1. The van der Waals surface area contributed by atoms with Gasteiger partial charge in [0.2, 0.25) is 0 Å². The SMILES string of the molecule is Cc1cc([N+](=O)[O-])ccc1NCCc1ccccn1. The van der Waals surface area contributed by atoms with Crippen LogP contribution in [0.25, 0.3) is 0 Å². The first-order valence-corrected chi connectivity index (χ1v) is 6.05. The van der Waals surface area contributed by atoms with E-state index in [1.165, 1.54) is 6.07 Å². The molecule has 1 N–H and O–H groups in total. The quantitative estimate of drug-likeness (QED) is 0.660. The maximum Gasteiger partial charge on any atom is 0.269 e. The highest BCUT2D eigenvalue weighted by Gasteiger charge is 2.07. The molecular formula is C14H15N3O2. The molecule has 0 fully saturated rings. The third-order valence-corrected chi connectivity index (χ3v) is 2.84. The first-order chi connectivity index (χ1) is 9.16. The van der Waals surface area contributed by atoms with E-state index in [1.807, 2.05) is 25.1 Å². The largest absolute Gasteiger partial charge is 0.384 e. The normalized spacial score (nSPS) is 10.2. The lowest BCUT2D eigenvalue weighted by atomic mass is 10.1. The van der Waals surface area contributed by atoms with Gasteiger partial charge in [-0.05, 0) is 30.7 Å². The van der Waals surface area contributed by atoms with Gasteiger partial charge in [0.15, 0.2) is 0 Å². The summed E-state index contributed by atoms with van der Waals surface area (Å²) >= 11 is 0. The Labute approximate surface area is 111 Å². The molecule has 0 aliphatic carbocycles. The van der Waals surface area contributed by atoms with Crippen LogP contribution in [0.1, 0.15) is 11.3 Å². The van der Waals surface area contributed by atoms with Crippen molar-refractivity contribution in [1.29, 1.82) is 0 Å². The standard InChI is InChI=1S/C14H15N3O2/c1-11-10-13(17(18)19)5-6-14(11)16-9-7-12-4-2-3-8-15-12/h2-6,8,10,16H,7,9H2,1H3. The van der Waals surface area contributed by atoms with E-state index in [9.17, 15) is 10.1 Å². The summed E-state index contributed by atoms with van der Waals surface area (Å²) in [6.45, 7) is 2.60. The van der Waals surface area contributed by atoms with Gasteiger partial charge in [0, 0.05) is 42.7 Å². The number of nitro benzene ring substituents is 1. The molecule has 2 rings (SSSR count). The molecule has 0 aliphatic rings. The average Bonchev–Trinajstić information content (AvgIpc) is 2.41. The number of rotatable bonds is 5. The molecule has 1 aromatic carbocycles. The summed E-state index contributed by atoms with van der Waals surface area (Å²) in [5, 5.41) is 13.9. The average molecular weight is 257 g/mol. The number of benzene rings is 1. The number of nitro groups is 1. The van der Waals surface area contributed by atoms with Gasteiger partial charge >= 0.3 is 0 Å². The molecule has 5 nitrogen and oxygen atoms in total. The van der Waals surface area contributed by atoms with Crippen molar-refractivity contribution in [3.8, 4) is 0 Å². The summed E-state index contributed by atoms with van der Waals surface area (Å²) in [6.07, 6.45) is 2.59. The van der Waals surface area contributed by atoms with E-state index in [0.29, 0.717) is 0 Å². The highest BCUT2D eigenvalue weighted by molar-refractivity contribution is 5.55. The number of nitrogens with zero attached hydrogens (tertiary/aromatic N) is 2. The molecule has 19 heavy (non-hydrogen) atoms. The van der Waals surface area contributed by atoms with Gasteiger partial charge in [-0.15, -0.1) is 0 Å². The van der Waals surface area contributed by atoms with Crippen LogP contribution in [-0.2, 0) is 6.42 Å². The van der Waals surface area contributed by atoms with Crippen molar-refractivity contribution in [3.63, 3.8) is 0 Å². The minimum Gasteiger partial charge on any atom is -0.384 e. The Balaban J connectivity index is 1.95. The van der Waals surface area contributed by atoms with Crippen molar-refractivity contribution >= 4 is 11.4 Å². The summed E-state index contributed by atoms with van der Waals surface area (Å²) in [4.78, 5) is 14.5. The predicted octanol–water partition coefficient (Wildman–Crippen LogP) is 2.95. The zero-order valence-electron chi connectivity index (χ0n) is 10.7. The molecule has 5 heteroatoms. The van der Waals surface area contributed by atoms with Gasteiger partial charge in [-0.25, -0.2) is 0 Å². The third-order valence-electron chi connectivity index (χ3n) is 2.84. The van der Waals surface area contributed by atoms with Gasteiger partial charge in [-0.1, -0.05) is 6.07 Å². The Bertz CT molecular complexity index is 570. The Hall–Kier alpha value is -2.43. The summed E-state index contributed by atoms with van der Waals surface area (Å²) in [5.41, 5.74) is 2.93. The number of hydrogen-bond acceptors (Lipinski definition) is 4. The second-order valence-electron chi connectivity index (χ2n) is 4.25. The molecule has 0 radical (unpaired) electrons. The van der Waals surface area contributed by atoms with Crippen LogP contribution in [0.5, 0.6) is 0 Å². The molecule has 0 amide bonds. The van der Waals surface area contributed by atoms with Crippen LogP contribution in [0.15, 0.2) is 42.6 Å². The highest BCUT2D eigenvalue weighted by atomic mass is 16.6. The monoisotopic (exact) mass is 257 g/mol. The van der Waals surface area contributed by atoms with Crippen molar-refractivity contribution in [3.05, 3.63) is 64.0 Å². The molecular weight excluding hydrogens is 242 g/mol. The summed E-state index contributed by atoms with van der Waals surface area (Å²) in [5.74, 6) is 0. The molecule has 1 heterocycles. The minimum atomic E-state index is -0.384. The number of anilines is 1. The summed E-state index contributed by atoms with van der Waals surface area (Å²) in [7, 11) is 0. The number of aryl methyl sites for hydroxylation is 1. The Kier molecular flexibility index (Phi) is 4.07. The molecule has 0 saturated carbocycles. The first-order valence-electron chi connectivity index (χ1n) is 6.05. The van der Waals surface area contributed by atoms with E-state index in [4.69, 9.17) is 0 Å². The van der Waals surface area contributed by atoms with Gasteiger partial charge in [-0.2, -0.15) is 0 Å². The smallest absolute Gasteiger partial charge is 0.269 e. The van der Waals surface area contributed by atoms with Gasteiger partial charge in [0.1, 0.15) is 0 Å². The maximum absolute atomic E-state index is 10.6. The van der Waals surface area contributed by atoms with Crippen LogP contribution >= 0.6 is 0 Å². The first kappa shape index (κ1) is 13.0. The maximum atomic E-state index is 10.6. The van der Waals surface area contributed by atoms with Gasteiger partial charge < -0.3 is 5.32 Å². The van der Waals surface area contributed by atoms with Crippen LogP contribution in [0, 0.1) is 17.0 Å². The Morgan fingerprint density at radius 1 is 1.32 bits per heavy atom. The van der Waals surface area contributed by atoms with Gasteiger partial charge in [0.05, 0.1) is 4.92 Å². The van der Waals surface area contributed by atoms with Gasteiger partial charge in [0.25, 0.3) is 5.69 Å². The van der Waals surface area contributed by atoms with E-state index < -0.39 is 0 Å². The molecule has 0 atom stereocenters. The van der Waals surface area contributed by atoms with E-state index >= 15 is 0 Å². The van der Waals surface area contributed by atoms with Crippen LogP contribution in [0.4, 0.5) is 11.4 Å². The van der Waals surface area contributed by atoms with E-state index in [2.05, 4.69) is 10.3 Å². The zero-order valence-corrected chi connectivity index (χ0v) is 10.7. The lowest BCUT2D eigenvalue weighted by molar-refractivity contribution is -0.384. The topological polar surface area (TPSA) is 68.1 Å². The third kappa shape index (κ3) is 3.51. The highest BCUT2D eigenvalue weighted by Crippen LogP contribution is 2.20. The number of pyridine rings is 1. The zero-order chi connectivity index (χ0) is 13.7. The van der Waals surface area contributed by atoms with E-state index in [1.54, 1.807) is 18.3 Å². The van der Waals surface area contributed by atoms with Crippen molar-refractivity contribution in [2.24, 2.45) is 0 Å². The number of non-ortho nitro benzene ring substituents is 1. The fraction of sp³-hybridized carbons (Fsp3) is 0.214. The predicted molar refractivity (Wildman–Crippen MR) is 74.3 cm³/mol. The van der Waals surface area contributed by atoms with Crippen molar-refractivity contribution in [2.45, 2.75) is 13.3 Å². The lowest BCUT2D eigenvalue weighted by Crippen LogP contribution is -2.07. The molecule has 1 aromatic heterocycles. The van der Waals surface area contributed by atoms with Crippen molar-refractivity contribution in [2.75, 3.05) is 11.9 Å². The molecule has 0 aliphatic heterocycles. The van der Waals surface area contributed by atoms with Crippen LogP contribution in [0.2, 0.25) is 0 Å². The number of hydrogen-bond donors (Lipinski definition) is 1. The second-order valence-corrected chi connectivity index (χ2v) is 4.25. The van der Waals surface area contributed by atoms with E-state index in [-0.39, 0.29) is 10.6 Å². The summed E-state index contributed by atoms with van der Waals surface area (Å²) < 4.78 is 0. The Morgan fingerprint density at radius 3 is 2.79 bits per heavy atom. The van der Waals surface area contributed by atoms with Crippen molar-refractivity contribution < 1.29 is 4.92 Å². The molecule has 0 spiro atoms. The van der Waals surface area contributed by atoms with Gasteiger partial charge in [-0.3, -0.25) is 15.1 Å². The summed E-state index contributed by atoms with van der Waals surface area (Å²) in [6, 6.07) is 10.6. The van der Waals surface area contributed by atoms with E-state index in [0.717, 1.165) is 29.9 Å². The molecule has 98 valence electrons. The lowest BCUT2D eigenvalue weighted by Gasteiger charge is -2.08. The molecule has 0 saturated heterocycles. The van der Waals surface area contributed by atoms with Crippen molar-refractivity contribution in [1.82, 2.24) is 4.98 Å². The molecule has 2 aromatic rings. The molecule has 0 bridgehead atoms. The number of nitrogens with one attached hydrogen (secondary N) is 1. The fourth-order valence-corrected chi connectivity index (χ4v) is 1.83. The van der Waals surface area contributed by atoms with Crippen LogP contribution in [-0.4, -0.2) is 16.5 Å². The van der Waals surface area contributed by atoms with Crippen LogP contribution < -0.4 is 5.32 Å². The Morgan fingerprint density at radius 2 is 2.16 bits per heavy atom.